The first kappa shape index (κ1) is 16.2. The van der Waals surface area contributed by atoms with E-state index < -0.39 is 5.92 Å². The van der Waals surface area contributed by atoms with E-state index in [0.717, 1.165) is 42.8 Å². The molecule has 1 aliphatic carbocycles. The van der Waals surface area contributed by atoms with Gasteiger partial charge in [-0.2, -0.15) is 5.10 Å². The van der Waals surface area contributed by atoms with Crippen molar-refractivity contribution in [2.45, 2.75) is 56.0 Å². The highest BCUT2D eigenvalue weighted by Crippen LogP contribution is 2.43. The molecule has 2 saturated heterocycles. The van der Waals surface area contributed by atoms with Crippen LogP contribution in [0.15, 0.2) is 6.07 Å². The number of piperidine rings is 1. The van der Waals surface area contributed by atoms with Crippen LogP contribution in [0.2, 0.25) is 0 Å². The van der Waals surface area contributed by atoms with E-state index in [1.165, 1.54) is 5.69 Å². The van der Waals surface area contributed by atoms with Crippen LogP contribution in [0.5, 0.6) is 0 Å². The fourth-order valence-corrected chi connectivity index (χ4v) is 4.66. The van der Waals surface area contributed by atoms with E-state index in [9.17, 15) is 8.78 Å². The molecule has 0 N–H and O–H groups in total. The molecule has 3 aliphatic rings. The fourth-order valence-electron chi connectivity index (χ4n) is 4.10. The Hall–Kier alpha value is -0.280. The SMILES string of the molecule is FC1(F)CCC(n2nc(I)cc2C2CCN(C3COC3)CC2)C1. The highest BCUT2D eigenvalue weighted by atomic mass is 127. The number of alkyl halides is 2. The van der Waals surface area contributed by atoms with Crippen LogP contribution in [0, 0.1) is 3.70 Å². The lowest BCUT2D eigenvalue weighted by molar-refractivity contribution is -0.0714. The Kier molecular flexibility index (Phi) is 4.38. The van der Waals surface area contributed by atoms with Gasteiger partial charge in [0.15, 0.2) is 0 Å². The second-order valence-electron chi connectivity index (χ2n) is 7.09. The van der Waals surface area contributed by atoms with Crippen molar-refractivity contribution in [2.24, 2.45) is 0 Å². The highest BCUT2D eigenvalue weighted by Gasteiger charge is 2.42. The van der Waals surface area contributed by atoms with Gasteiger partial charge in [-0.25, -0.2) is 8.78 Å². The zero-order valence-electron chi connectivity index (χ0n) is 13.1. The molecular weight excluding hydrogens is 415 g/mol. The standard InChI is InChI=1S/C16H22F2IN3O/c17-16(18)4-1-12(8-16)22-14(7-15(19)20-22)11-2-5-21(6-3-11)13-9-23-10-13/h7,11-13H,1-6,8-10H2. The van der Waals surface area contributed by atoms with Crippen LogP contribution >= 0.6 is 22.6 Å². The molecule has 0 radical (unpaired) electrons. The minimum absolute atomic E-state index is 0.00628. The molecule has 23 heavy (non-hydrogen) atoms. The minimum Gasteiger partial charge on any atom is -0.378 e. The van der Waals surface area contributed by atoms with E-state index in [4.69, 9.17) is 4.74 Å². The second-order valence-corrected chi connectivity index (χ2v) is 8.20. The van der Waals surface area contributed by atoms with Crippen LogP contribution in [0.1, 0.15) is 49.8 Å². The smallest absolute Gasteiger partial charge is 0.250 e. The molecule has 1 aromatic rings. The molecule has 128 valence electrons. The van der Waals surface area contributed by atoms with E-state index in [-0.39, 0.29) is 18.9 Å². The van der Waals surface area contributed by atoms with E-state index >= 15 is 0 Å². The lowest BCUT2D eigenvalue weighted by Crippen LogP contribution is -2.51. The largest absolute Gasteiger partial charge is 0.378 e. The van der Waals surface area contributed by atoms with Crippen molar-refractivity contribution in [3.8, 4) is 0 Å². The number of likely N-dealkylation sites (tertiary alicyclic amines) is 1. The monoisotopic (exact) mass is 437 g/mol. The Morgan fingerprint density at radius 3 is 2.48 bits per heavy atom. The molecule has 0 aromatic carbocycles. The molecular formula is C16H22F2IN3O. The number of halogens is 3. The normalized spacial score (nSPS) is 29.8. The molecule has 0 spiro atoms. The Balaban J connectivity index is 1.47. The van der Waals surface area contributed by atoms with E-state index in [1.54, 1.807) is 0 Å². The van der Waals surface area contributed by atoms with Crippen LogP contribution in [0.3, 0.4) is 0 Å². The summed E-state index contributed by atoms with van der Waals surface area (Å²) in [6.07, 6.45) is 2.64. The van der Waals surface area contributed by atoms with Gasteiger partial charge in [-0.15, -0.1) is 0 Å². The van der Waals surface area contributed by atoms with Gasteiger partial charge in [0.2, 0.25) is 5.92 Å². The van der Waals surface area contributed by atoms with Gasteiger partial charge >= 0.3 is 0 Å². The van der Waals surface area contributed by atoms with Crippen LogP contribution in [0.25, 0.3) is 0 Å². The van der Waals surface area contributed by atoms with Crippen molar-refractivity contribution >= 4 is 22.6 Å². The Bertz CT molecular complexity index is 568. The Labute approximate surface area is 148 Å². The van der Waals surface area contributed by atoms with Gasteiger partial charge in [-0.3, -0.25) is 9.58 Å². The zero-order chi connectivity index (χ0) is 16.0. The van der Waals surface area contributed by atoms with Crippen LogP contribution in [0.4, 0.5) is 8.78 Å². The minimum atomic E-state index is -2.52. The van der Waals surface area contributed by atoms with Crippen LogP contribution in [-0.2, 0) is 4.74 Å². The summed E-state index contributed by atoms with van der Waals surface area (Å²) in [5.41, 5.74) is 1.17. The molecule has 2 aliphatic heterocycles. The summed E-state index contributed by atoms with van der Waals surface area (Å²) in [5.74, 6) is -2.08. The molecule has 1 unspecified atom stereocenters. The van der Waals surface area contributed by atoms with Gasteiger partial charge < -0.3 is 4.74 Å². The summed E-state index contributed by atoms with van der Waals surface area (Å²) >= 11 is 2.20. The first-order chi connectivity index (χ1) is 11.0. The third-order valence-corrected chi connectivity index (χ3v) is 6.07. The van der Waals surface area contributed by atoms with Crippen molar-refractivity contribution in [1.29, 1.82) is 0 Å². The maximum Gasteiger partial charge on any atom is 0.250 e. The lowest BCUT2D eigenvalue weighted by Gasteiger charge is -2.41. The maximum atomic E-state index is 13.6. The molecule has 3 heterocycles. The van der Waals surface area contributed by atoms with Gasteiger partial charge in [-0.1, -0.05) is 0 Å². The van der Waals surface area contributed by atoms with Crippen molar-refractivity contribution in [3.05, 3.63) is 15.5 Å². The quantitative estimate of drug-likeness (QED) is 0.680. The van der Waals surface area contributed by atoms with Gasteiger partial charge in [0, 0.05) is 24.5 Å². The van der Waals surface area contributed by atoms with Crippen LogP contribution in [-0.4, -0.2) is 52.9 Å². The molecule has 7 heteroatoms. The number of aromatic nitrogens is 2. The summed E-state index contributed by atoms with van der Waals surface area (Å²) in [6, 6.07) is 2.56. The number of hydrogen-bond acceptors (Lipinski definition) is 3. The molecule has 1 aromatic heterocycles. The van der Waals surface area contributed by atoms with E-state index in [0.29, 0.717) is 18.4 Å². The zero-order valence-corrected chi connectivity index (χ0v) is 15.2. The first-order valence-corrected chi connectivity index (χ1v) is 9.54. The first-order valence-electron chi connectivity index (χ1n) is 8.46. The average Bonchev–Trinajstić information content (AvgIpc) is 3.00. The van der Waals surface area contributed by atoms with Crippen molar-refractivity contribution < 1.29 is 13.5 Å². The summed E-state index contributed by atoms with van der Waals surface area (Å²) in [7, 11) is 0. The third-order valence-electron chi connectivity index (χ3n) is 5.54. The Morgan fingerprint density at radius 2 is 1.91 bits per heavy atom. The molecule has 3 fully saturated rings. The Morgan fingerprint density at radius 1 is 1.17 bits per heavy atom. The number of rotatable bonds is 3. The lowest BCUT2D eigenvalue weighted by atomic mass is 9.92. The van der Waals surface area contributed by atoms with Crippen molar-refractivity contribution in [2.75, 3.05) is 26.3 Å². The third kappa shape index (κ3) is 3.28. The van der Waals surface area contributed by atoms with Crippen molar-refractivity contribution in [1.82, 2.24) is 14.7 Å². The van der Waals surface area contributed by atoms with E-state index in [1.807, 2.05) is 4.68 Å². The summed E-state index contributed by atoms with van der Waals surface area (Å²) < 4.78 is 35.3. The predicted molar refractivity (Wildman–Crippen MR) is 90.9 cm³/mol. The van der Waals surface area contributed by atoms with Gasteiger partial charge in [0.05, 0.1) is 25.3 Å². The number of hydrogen-bond donors (Lipinski definition) is 0. The maximum absolute atomic E-state index is 13.6. The molecule has 0 amide bonds. The number of ether oxygens (including phenoxy) is 1. The average molecular weight is 437 g/mol. The van der Waals surface area contributed by atoms with Crippen molar-refractivity contribution in [3.63, 3.8) is 0 Å². The summed E-state index contributed by atoms with van der Waals surface area (Å²) in [5, 5.41) is 4.55. The molecule has 4 rings (SSSR count). The molecule has 1 atom stereocenters. The molecule has 0 bridgehead atoms. The molecule has 1 saturated carbocycles. The molecule has 4 nitrogen and oxygen atoms in total. The van der Waals surface area contributed by atoms with Crippen LogP contribution < -0.4 is 0 Å². The number of nitrogens with zero attached hydrogens (tertiary/aromatic N) is 3. The fraction of sp³-hybridized carbons (Fsp3) is 0.812. The van der Waals surface area contributed by atoms with Gasteiger partial charge in [0.25, 0.3) is 0 Å². The summed E-state index contributed by atoms with van der Waals surface area (Å²) in [4.78, 5) is 2.51. The van der Waals surface area contributed by atoms with E-state index in [2.05, 4.69) is 38.7 Å². The van der Waals surface area contributed by atoms with Gasteiger partial charge in [0.1, 0.15) is 3.70 Å². The second kappa shape index (κ2) is 6.22. The van der Waals surface area contributed by atoms with Gasteiger partial charge in [-0.05, 0) is 61.0 Å². The highest BCUT2D eigenvalue weighted by molar-refractivity contribution is 14.1. The topological polar surface area (TPSA) is 30.3 Å². The predicted octanol–water partition coefficient (Wildman–Crippen LogP) is 3.43. The summed E-state index contributed by atoms with van der Waals surface area (Å²) in [6.45, 7) is 3.86.